The van der Waals surface area contributed by atoms with Crippen LogP contribution in [0.15, 0.2) is 24.0 Å². The van der Waals surface area contributed by atoms with Crippen molar-refractivity contribution in [2.75, 3.05) is 13.2 Å². The number of carbonyl (C=O) groups is 6. The Kier molecular flexibility index (Phi) is 11.1. The average Bonchev–Trinajstić information content (AvgIpc) is 3.22. The van der Waals surface area contributed by atoms with E-state index in [1.165, 1.54) is 20.1 Å². The van der Waals surface area contributed by atoms with E-state index in [1.807, 2.05) is 0 Å². The molecule has 3 aliphatic rings. The first-order chi connectivity index (χ1) is 19.8. The van der Waals surface area contributed by atoms with Gasteiger partial charge in [-0.2, -0.15) is 0 Å². The van der Waals surface area contributed by atoms with Crippen molar-refractivity contribution >= 4 is 35.8 Å². The van der Waals surface area contributed by atoms with Crippen LogP contribution in [0.25, 0.3) is 0 Å². The predicted octanol–water partition coefficient (Wildman–Crippen LogP) is 0.623. The maximum absolute atomic E-state index is 12.1. The molecule has 15 nitrogen and oxygen atoms in total. The standard InChI is InChI=1S/C27H34O15/c1-12(28)35-10-18-9-20(37-14(3)30)19-7-8-34-26(22(18)19)42-27-25(40-17(6)33)24(39-16(5)32)23(38-15(4)31)21(41-27)11-36-13(2)29/h7-9,19-27H,10-11H2,1-6H3/t19-,20+,21+,22+,23-,24-,25-,26+,27-/m0/s1. The maximum atomic E-state index is 12.1. The second kappa shape index (κ2) is 14.3. The van der Waals surface area contributed by atoms with Crippen molar-refractivity contribution in [1.82, 2.24) is 0 Å². The fourth-order valence-corrected chi connectivity index (χ4v) is 4.95. The summed E-state index contributed by atoms with van der Waals surface area (Å²) >= 11 is 0. The van der Waals surface area contributed by atoms with E-state index in [1.54, 1.807) is 12.2 Å². The highest BCUT2D eigenvalue weighted by Crippen LogP contribution is 2.43. The van der Waals surface area contributed by atoms with Gasteiger partial charge in [-0.05, 0) is 17.7 Å². The van der Waals surface area contributed by atoms with Gasteiger partial charge in [0.25, 0.3) is 0 Å². The zero-order valence-corrected chi connectivity index (χ0v) is 24.0. The van der Waals surface area contributed by atoms with Gasteiger partial charge in [0.05, 0.1) is 12.2 Å². The van der Waals surface area contributed by atoms with Gasteiger partial charge in [0.1, 0.15) is 25.4 Å². The first kappa shape index (κ1) is 32.5. The molecule has 15 heteroatoms. The number of hydrogen-bond donors (Lipinski definition) is 0. The lowest BCUT2D eigenvalue weighted by atomic mass is 9.88. The molecule has 2 heterocycles. The summed E-state index contributed by atoms with van der Waals surface area (Å²) in [6.07, 6.45) is -4.37. The second-order valence-corrected chi connectivity index (χ2v) is 9.74. The summed E-state index contributed by atoms with van der Waals surface area (Å²) in [5, 5.41) is 0. The van der Waals surface area contributed by atoms with Crippen molar-refractivity contribution in [3.63, 3.8) is 0 Å². The van der Waals surface area contributed by atoms with Gasteiger partial charge in [0.15, 0.2) is 18.3 Å². The summed E-state index contributed by atoms with van der Waals surface area (Å²) in [7, 11) is 0. The van der Waals surface area contributed by atoms with E-state index in [0.717, 1.165) is 27.7 Å². The number of rotatable bonds is 10. The molecular formula is C27H34O15. The van der Waals surface area contributed by atoms with Crippen molar-refractivity contribution in [2.24, 2.45) is 11.8 Å². The maximum Gasteiger partial charge on any atom is 0.303 e. The first-order valence-electron chi connectivity index (χ1n) is 13.1. The molecule has 42 heavy (non-hydrogen) atoms. The molecule has 0 bridgehead atoms. The topological polar surface area (TPSA) is 185 Å². The van der Waals surface area contributed by atoms with Crippen molar-refractivity contribution < 1.29 is 71.4 Å². The van der Waals surface area contributed by atoms with Crippen LogP contribution in [0.2, 0.25) is 0 Å². The minimum Gasteiger partial charge on any atom is -0.472 e. The monoisotopic (exact) mass is 598 g/mol. The average molecular weight is 599 g/mol. The van der Waals surface area contributed by atoms with Crippen LogP contribution in [0.3, 0.4) is 0 Å². The highest BCUT2D eigenvalue weighted by molar-refractivity contribution is 5.69. The zero-order chi connectivity index (χ0) is 31.1. The zero-order valence-electron chi connectivity index (χ0n) is 24.0. The summed E-state index contributed by atoms with van der Waals surface area (Å²) in [5.74, 6) is -5.31. The van der Waals surface area contributed by atoms with Gasteiger partial charge in [-0.15, -0.1) is 0 Å². The Balaban J connectivity index is 1.99. The van der Waals surface area contributed by atoms with Crippen LogP contribution >= 0.6 is 0 Å². The molecule has 0 aromatic heterocycles. The Morgan fingerprint density at radius 1 is 0.690 bits per heavy atom. The Hall–Kier alpha value is -3.98. The van der Waals surface area contributed by atoms with Crippen LogP contribution in [0, 0.1) is 11.8 Å². The lowest BCUT2D eigenvalue weighted by Gasteiger charge is -2.45. The quantitative estimate of drug-likeness (QED) is 0.193. The second-order valence-electron chi connectivity index (χ2n) is 9.74. The molecule has 1 fully saturated rings. The third-order valence-corrected chi connectivity index (χ3v) is 6.37. The number of carbonyl (C=O) groups excluding carboxylic acids is 6. The van der Waals surface area contributed by atoms with Crippen LogP contribution in [-0.2, 0) is 71.4 Å². The Bertz CT molecular complexity index is 1130. The van der Waals surface area contributed by atoms with E-state index in [0.29, 0.717) is 5.57 Å². The number of ether oxygens (including phenoxy) is 9. The van der Waals surface area contributed by atoms with E-state index < -0.39 is 97.4 Å². The van der Waals surface area contributed by atoms with Crippen LogP contribution in [0.4, 0.5) is 0 Å². The van der Waals surface area contributed by atoms with Crippen LogP contribution in [-0.4, -0.2) is 92.1 Å². The summed E-state index contributed by atoms with van der Waals surface area (Å²) < 4.78 is 49.9. The molecule has 232 valence electrons. The molecule has 0 aromatic rings. The fourth-order valence-electron chi connectivity index (χ4n) is 4.95. The Morgan fingerprint density at radius 2 is 1.26 bits per heavy atom. The number of esters is 6. The van der Waals surface area contributed by atoms with E-state index in [2.05, 4.69) is 0 Å². The molecule has 1 saturated heterocycles. The minimum absolute atomic E-state index is 0.163. The smallest absolute Gasteiger partial charge is 0.303 e. The molecule has 0 amide bonds. The van der Waals surface area contributed by atoms with Crippen molar-refractivity contribution in [3.8, 4) is 0 Å². The lowest BCUT2D eigenvalue weighted by molar-refractivity contribution is -0.342. The summed E-state index contributed by atoms with van der Waals surface area (Å²) in [4.78, 5) is 71.1. The van der Waals surface area contributed by atoms with E-state index in [-0.39, 0.29) is 6.61 Å². The molecule has 0 aromatic carbocycles. The van der Waals surface area contributed by atoms with Gasteiger partial charge in [-0.25, -0.2) is 0 Å². The Labute approximate surface area is 241 Å². The van der Waals surface area contributed by atoms with Crippen LogP contribution in [0.5, 0.6) is 0 Å². The van der Waals surface area contributed by atoms with Crippen molar-refractivity contribution in [2.45, 2.75) is 84.6 Å². The summed E-state index contributed by atoms with van der Waals surface area (Å²) in [5.41, 5.74) is 0.515. The molecule has 9 atom stereocenters. The molecule has 0 unspecified atom stereocenters. The summed E-state index contributed by atoms with van der Waals surface area (Å²) in [6.45, 7) is 6.34. The first-order valence-corrected chi connectivity index (χ1v) is 13.1. The number of hydrogen-bond acceptors (Lipinski definition) is 15. The van der Waals surface area contributed by atoms with Crippen molar-refractivity contribution in [1.29, 1.82) is 0 Å². The van der Waals surface area contributed by atoms with E-state index in [4.69, 9.17) is 42.6 Å². The van der Waals surface area contributed by atoms with Gasteiger partial charge in [-0.3, -0.25) is 28.8 Å². The molecule has 0 N–H and O–H groups in total. The third kappa shape index (κ3) is 8.52. The fraction of sp³-hybridized carbons (Fsp3) is 0.630. The van der Waals surface area contributed by atoms with Gasteiger partial charge in [-0.1, -0.05) is 0 Å². The van der Waals surface area contributed by atoms with Gasteiger partial charge < -0.3 is 42.6 Å². The van der Waals surface area contributed by atoms with Gasteiger partial charge in [0, 0.05) is 47.5 Å². The molecule has 2 aliphatic heterocycles. The van der Waals surface area contributed by atoms with Gasteiger partial charge >= 0.3 is 35.8 Å². The van der Waals surface area contributed by atoms with Gasteiger partial charge in [0.2, 0.25) is 12.6 Å². The third-order valence-electron chi connectivity index (χ3n) is 6.37. The van der Waals surface area contributed by atoms with E-state index in [9.17, 15) is 28.8 Å². The van der Waals surface area contributed by atoms with E-state index >= 15 is 0 Å². The summed E-state index contributed by atoms with van der Waals surface area (Å²) in [6, 6.07) is 0. The molecule has 3 rings (SSSR count). The van der Waals surface area contributed by atoms with Crippen LogP contribution in [0.1, 0.15) is 41.5 Å². The molecule has 0 radical (unpaired) electrons. The SMILES string of the molecule is CC(=O)OCC1=C[C@@H](OC(C)=O)[C@@H]2C=CO[C@H](O[C@@H]3O[C@H](COC(C)=O)[C@H](OC(C)=O)[C@H](OC(C)=O)[C@@H]3OC(C)=O)[C@H]12. The highest BCUT2D eigenvalue weighted by atomic mass is 16.8. The molecular weight excluding hydrogens is 564 g/mol. The molecule has 0 spiro atoms. The highest BCUT2D eigenvalue weighted by Gasteiger charge is 2.55. The predicted molar refractivity (Wildman–Crippen MR) is 134 cm³/mol. The molecule has 1 aliphatic carbocycles. The minimum atomic E-state index is -1.52. The molecule has 0 saturated carbocycles. The van der Waals surface area contributed by atoms with Crippen LogP contribution < -0.4 is 0 Å². The largest absolute Gasteiger partial charge is 0.472 e. The van der Waals surface area contributed by atoms with Crippen molar-refractivity contribution in [3.05, 3.63) is 24.0 Å². The Morgan fingerprint density at radius 3 is 1.83 bits per heavy atom. The normalized spacial score (nSPS) is 31.4. The lowest BCUT2D eigenvalue weighted by Crippen LogP contribution is -2.63. The number of fused-ring (bicyclic) bond motifs is 1.